The Hall–Kier alpha value is -2.33. The largest absolute Gasteiger partial charge is 0.506 e. The van der Waals surface area contributed by atoms with Crippen LogP contribution in [0.4, 0.5) is 11.4 Å². The van der Waals surface area contributed by atoms with Crippen molar-refractivity contribution in [3.8, 4) is 5.75 Å². The first-order valence-electron chi connectivity index (χ1n) is 6.55. The predicted octanol–water partition coefficient (Wildman–Crippen LogP) is 5.68. The molecule has 0 radical (unpaired) electrons. The summed E-state index contributed by atoms with van der Waals surface area (Å²) in [4.78, 5) is 1.06. The molecule has 0 aliphatic rings. The summed E-state index contributed by atoms with van der Waals surface area (Å²) in [7, 11) is 0. The van der Waals surface area contributed by atoms with Crippen molar-refractivity contribution in [1.82, 2.24) is 0 Å². The minimum atomic E-state index is 0.138. The van der Waals surface area contributed by atoms with Crippen molar-refractivity contribution in [1.29, 1.82) is 0 Å². The number of aromatic hydroxyl groups is 1. The molecular formula is C17H14N2OS. The minimum Gasteiger partial charge on any atom is -0.506 e. The van der Waals surface area contributed by atoms with Crippen molar-refractivity contribution < 1.29 is 5.11 Å². The van der Waals surface area contributed by atoms with Gasteiger partial charge in [0, 0.05) is 10.3 Å². The molecule has 0 unspecified atom stereocenters. The fourth-order valence-corrected chi connectivity index (χ4v) is 2.70. The molecular weight excluding hydrogens is 280 g/mol. The van der Waals surface area contributed by atoms with Gasteiger partial charge in [0.05, 0.1) is 5.69 Å². The topological polar surface area (TPSA) is 45.0 Å². The number of nitrogens with zero attached hydrogens (tertiary/aromatic N) is 2. The number of thioether (sulfide) groups is 1. The van der Waals surface area contributed by atoms with Crippen LogP contribution in [0.5, 0.6) is 5.75 Å². The highest BCUT2D eigenvalue weighted by Crippen LogP contribution is 2.37. The molecule has 0 saturated carbocycles. The molecule has 0 atom stereocenters. The van der Waals surface area contributed by atoms with Crippen LogP contribution in [-0.4, -0.2) is 11.4 Å². The van der Waals surface area contributed by atoms with E-state index in [-0.39, 0.29) is 5.75 Å². The van der Waals surface area contributed by atoms with Crippen molar-refractivity contribution in [3.05, 3.63) is 60.7 Å². The number of benzene rings is 3. The first kappa shape index (κ1) is 13.6. The molecule has 3 nitrogen and oxygen atoms in total. The zero-order chi connectivity index (χ0) is 14.7. The molecule has 0 fully saturated rings. The zero-order valence-electron chi connectivity index (χ0n) is 11.5. The Balaban J connectivity index is 2.09. The lowest BCUT2D eigenvalue weighted by molar-refractivity contribution is 0.477. The first-order chi connectivity index (χ1) is 10.3. The van der Waals surface area contributed by atoms with Crippen molar-refractivity contribution in [2.24, 2.45) is 10.2 Å². The van der Waals surface area contributed by atoms with Crippen molar-refractivity contribution in [2.45, 2.75) is 4.90 Å². The van der Waals surface area contributed by atoms with Gasteiger partial charge in [-0.05, 0) is 29.8 Å². The van der Waals surface area contributed by atoms with Crippen molar-refractivity contribution in [2.75, 3.05) is 6.26 Å². The predicted molar refractivity (Wildman–Crippen MR) is 88.0 cm³/mol. The third kappa shape index (κ3) is 2.76. The van der Waals surface area contributed by atoms with E-state index in [4.69, 9.17) is 0 Å². The SMILES string of the molecule is CSc1ccccc1N=Nc1c(O)ccc2ccccc12. The number of hydrogen-bond donors (Lipinski definition) is 1. The van der Waals surface area contributed by atoms with Crippen LogP contribution in [0, 0.1) is 0 Å². The minimum absolute atomic E-state index is 0.138. The molecule has 0 amide bonds. The Morgan fingerprint density at radius 3 is 2.48 bits per heavy atom. The molecule has 0 saturated heterocycles. The average molecular weight is 294 g/mol. The fourth-order valence-electron chi connectivity index (χ4n) is 2.16. The molecule has 21 heavy (non-hydrogen) atoms. The van der Waals surface area contributed by atoms with E-state index in [2.05, 4.69) is 10.2 Å². The van der Waals surface area contributed by atoms with Gasteiger partial charge in [0.25, 0.3) is 0 Å². The van der Waals surface area contributed by atoms with Gasteiger partial charge in [-0.1, -0.05) is 42.5 Å². The van der Waals surface area contributed by atoms with Crippen LogP contribution in [0.25, 0.3) is 10.8 Å². The quantitative estimate of drug-likeness (QED) is 0.498. The molecule has 1 N–H and O–H groups in total. The molecule has 0 bridgehead atoms. The van der Waals surface area contributed by atoms with Crippen LogP contribution in [0.15, 0.2) is 75.8 Å². The van der Waals surface area contributed by atoms with Gasteiger partial charge in [-0.2, -0.15) is 0 Å². The molecule has 0 spiro atoms. The summed E-state index contributed by atoms with van der Waals surface area (Å²) in [5.41, 5.74) is 1.31. The highest BCUT2D eigenvalue weighted by molar-refractivity contribution is 7.98. The van der Waals surface area contributed by atoms with Crippen LogP contribution >= 0.6 is 11.8 Å². The van der Waals surface area contributed by atoms with Gasteiger partial charge in [-0.25, -0.2) is 0 Å². The third-order valence-electron chi connectivity index (χ3n) is 3.22. The summed E-state index contributed by atoms with van der Waals surface area (Å²) < 4.78 is 0. The Bertz CT molecular complexity index is 815. The molecule has 3 rings (SSSR count). The van der Waals surface area contributed by atoms with Crippen LogP contribution in [0.3, 0.4) is 0 Å². The Labute approximate surface area is 127 Å². The monoisotopic (exact) mass is 294 g/mol. The summed E-state index contributed by atoms with van der Waals surface area (Å²) in [6, 6.07) is 19.2. The second-order valence-corrected chi connectivity index (χ2v) is 5.37. The normalized spacial score (nSPS) is 11.3. The van der Waals surface area contributed by atoms with Crippen molar-refractivity contribution in [3.63, 3.8) is 0 Å². The summed E-state index contributed by atoms with van der Waals surface area (Å²) in [5, 5.41) is 20.6. The molecule has 104 valence electrons. The lowest BCUT2D eigenvalue weighted by Gasteiger charge is -2.04. The van der Waals surface area contributed by atoms with E-state index in [1.54, 1.807) is 17.8 Å². The Morgan fingerprint density at radius 1 is 0.857 bits per heavy atom. The standard InChI is InChI=1S/C17H14N2OS/c1-21-16-9-5-4-8-14(16)18-19-17-13-7-3-2-6-12(13)10-11-15(17)20/h2-11,20H,1H3. The number of azo groups is 1. The lowest BCUT2D eigenvalue weighted by Crippen LogP contribution is -1.75. The second-order valence-electron chi connectivity index (χ2n) is 4.53. The summed E-state index contributed by atoms with van der Waals surface area (Å²) >= 11 is 1.62. The van der Waals surface area contributed by atoms with E-state index in [0.717, 1.165) is 21.4 Å². The first-order valence-corrected chi connectivity index (χ1v) is 7.77. The number of rotatable bonds is 3. The lowest BCUT2D eigenvalue weighted by atomic mass is 10.1. The molecule has 0 heterocycles. The third-order valence-corrected chi connectivity index (χ3v) is 4.01. The van der Waals surface area contributed by atoms with Gasteiger partial charge in [0.1, 0.15) is 11.4 Å². The molecule has 3 aromatic carbocycles. The van der Waals surface area contributed by atoms with Gasteiger partial charge in [0.2, 0.25) is 0 Å². The van der Waals surface area contributed by atoms with E-state index in [0.29, 0.717) is 5.69 Å². The van der Waals surface area contributed by atoms with Gasteiger partial charge < -0.3 is 5.11 Å². The highest BCUT2D eigenvalue weighted by atomic mass is 32.2. The highest BCUT2D eigenvalue weighted by Gasteiger charge is 2.06. The van der Waals surface area contributed by atoms with E-state index in [1.807, 2.05) is 60.9 Å². The maximum atomic E-state index is 10.1. The maximum Gasteiger partial charge on any atom is 0.143 e. The van der Waals surface area contributed by atoms with E-state index in [1.165, 1.54) is 0 Å². The Kier molecular flexibility index (Phi) is 3.88. The number of phenols is 1. The van der Waals surface area contributed by atoms with Crippen LogP contribution in [0.1, 0.15) is 0 Å². The number of hydrogen-bond acceptors (Lipinski definition) is 4. The van der Waals surface area contributed by atoms with E-state index < -0.39 is 0 Å². The molecule has 4 heteroatoms. The smallest absolute Gasteiger partial charge is 0.143 e. The van der Waals surface area contributed by atoms with Crippen LogP contribution in [0.2, 0.25) is 0 Å². The molecule has 3 aromatic rings. The summed E-state index contributed by atoms with van der Waals surface area (Å²) in [6.07, 6.45) is 2.00. The molecule has 0 aromatic heterocycles. The van der Waals surface area contributed by atoms with Gasteiger partial charge in [-0.15, -0.1) is 22.0 Å². The average Bonchev–Trinajstić information content (AvgIpc) is 2.54. The maximum absolute atomic E-state index is 10.1. The summed E-state index contributed by atoms with van der Waals surface area (Å²) in [6.45, 7) is 0. The molecule has 0 aliphatic carbocycles. The number of fused-ring (bicyclic) bond motifs is 1. The van der Waals surface area contributed by atoms with E-state index in [9.17, 15) is 5.11 Å². The van der Waals surface area contributed by atoms with Crippen molar-refractivity contribution >= 4 is 33.9 Å². The van der Waals surface area contributed by atoms with Gasteiger partial charge in [-0.3, -0.25) is 0 Å². The zero-order valence-corrected chi connectivity index (χ0v) is 12.3. The Morgan fingerprint density at radius 2 is 1.62 bits per heavy atom. The fraction of sp³-hybridized carbons (Fsp3) is 0.0588. The second kappa shape index (κ2) is 5.97. The number of phenolic OH excluding ortho intramolecular Hbond substituents is 1. The molecule has 0 aliphatic heterocycles. The van der Waals surface area contributed by atoms with Crippen LogP contribution < -0.4 is 0 Å². The van der Waals surface area contributed by atoms with Crippen LogP contribution in [-0.2, 0) is 0 Å². The van der Waals surface area contributed by atoms with Gasteiger partial charge in [0.15, 0.2) is 0 Å². The summed E-state index contributed by atoms with van der Waals surface area (Å²) in [5.74, 6) is 0.138. The van der Waals surface area contributed by atoms with E-state index >= 15 is 0 Å². The van der Waals surface area contributed by atoms with Gasteiger partial charge >= 0.3 is 0 Å².